The molecule has 0 spiro atoms. The zero-order chi connectivity index (χ0) is 21.0. The van der Waals surface area contributed by atoms with Crippen molar-refractivity contribution < 1.29 is 4.92 Å². The van der Waals surface area contributed by atoms with E-state index in [-0.39, 0.29) is 17.5 Å². The standard InChI is InChI=1S/C24H25N3O2/c1-5-15-25-21-22(19-11-7-17(3)8-12-19)26(16-6-2)23(24(21)27(28)29)20-13-9-18(4)10-14-20/h1-2,7-14,21-25H,15-16H2,3-4H3/t21-,22-,23-,24+/m1/s1. The Morgan fingerprint density at radius 1 is 0.966 bits per heavy atom. The molecule has 1 saturated heterocycles. The number of nitro groups is 1. The molecule has 4 atom stereocenters. The first-order chi connectivity index (χ1) is 14.0. The van der Waals surface area contributed by atoms with Gasteiger partial charge in [0.1, 0.15) is 6.04 Å². The Labute approximate surface area is 172 Å². The predicted molar refractivity (Wildman–Crippen MR) is 115 cm³/mol. The van der Waals surface area contributed by atoms with Crippen LogP contribution in [0, 0.1) is 48.6 Å². The molecule has 1 heterocycles. The first-order valence-electron chi connectivity index (χ1n) is 9.60. The summed E-state index contributed by atoms with van der Waals surface area (Å²) in [5, 5.41) is 15.5. The van der Waals surface area contributed by atoms with Gasteiger partial charge in [-0.25, -0.2) is 0 Å². The SMILES string of the molecule is C#CCN[C@H]1[C@H]([N+](=O)[O-])[C@@H](c2ccc(C)cc2)N(CC#C)[C@@H]1c1ccc(C)cc1. The quantitative estimate of drug-likeness (QED) is 0.470. The fourth-order valence-corrected chi connectivity index (χ4v) is 4.23. The number of hydrogen-bond donors (Lipinski definition) is 1. The van der Waals surface area contributed by atoms with Crippen LogP contribution < -0.4 is 5.32 Å². The summed E-state index contributed by atoms with van der Waals surface area (Å²) < 4.78 is 0. The lowest BCUT2D eigenvalue weighted by Crippen LogP contribution is -2.45. The summed E-state index contributed by atoms with van der Waals surface area (Å²) in [6, 6.07) is 13.9. The van der Waals surface area contributed by atoms with Crippen LogP contribution in [-0.2, 0) is 0 Å². The number of terminal acetylenes is 2. The number of likely N-dealkylation sites (tertiary alicyclic amines) is 1. The van der Waals surface area contributed by atoms with Gasteiger partial charge < -0.3 is 0 Å². The van der Waals surface area contributed by atoms with E-state index in [4.69, 9.17) is 12.8 Å². The van der Waals surface area contributed by atoms with Crippen LogP contribution in [0.3, 0.4) is 0 Å². The van der Waals surface area contributed by atoms with Crippen LogP contribution in [0.4, 0.5) is 0 Å². The molecule has 0 aromatic heterocycles. The van der Waals surface area contributed by atoms with Gasteiger partial charge in [-0.05, 0) is 25.0 Å². The van der Waals surface area contributed by atoms with Gasteiger partial charge in [-0.3, -0.25) is 20.3 Å². The normalized spacial score (nSPS) is 24.0. The van der Waals surface area contributed by atoms with Crippen LogP contribution >= 0.6 is 0 Å². The van der Waals surface area contributed by atoms with Crippen LogP contribution in [0.5, 0.6) is 0 Å². The van der Waals surface area contributed by atoms with E-state index in [9.17, 15) is 10.1 Å². The summed E-state index contributed by atoms with van der Waals surface area (Å²) in [4.78, 5) is 14.1. The van der Waals surface area contributed by atoms with E-state index >= 15 is 0 Å². The minimum absolute atomic E-state index is 0.198. The second-order valence-electron chi connectivity index (χ2n) is 7.47. The highest BCUT2D eigenvalue weighted by atomic mass is 16.6. The highest BCUT2D eigenvalue weighted by Gasteiger charge is 2.56. The van der Waals surface area contributed by atoms with E-state index in [2.05, 4.69) is 22.1 Å². The molecule has 1 fully saturated rings. The third-order valence-corrected chi connectivity index (χ3v) is 5.54. The number of aryl methyl sites for hydroxylation is 2. The largest absolute Gasteiger partial charge is 0.296 e. The average Bonchev–Trinajstić information content (AvgIpc) is 3.02. The van der Waals surface area contributed by atoms with Gasteiger partial charge in [0.15, 0.2) is 0 Å². The van der Waals surface area contributed by atoms with E-state index in [0.29, 0.717) is 6.54 Å². The molecule has 1 aliphatic heterocycles. The molecule has 0 radical (unpaired) electrons. The number of benzene rings is 2. The Balaban J connectivity index is 2.15. The molecule has 2 aromatic carbocycles. The van der Waals surface area contributed by atoms with Crippen LogP contribution in [0.1, 0.15) is 34.3 Å². The lowest BCUT2D eigenvalue weighted by atomic mass is 9.94. The van der Waals surface area contributed by atoms with Crippen molar-refractivity contribution in [2.45, 2.75) is 38.0 Å². The highest BCUT2D eigenvalue weighted by Crippen LogP contribution is 2.45. The Morgan fingerprint density at radius 3 is 1.93 bits per heavy atom. The Morgan fingerprint density at radius 2 is 1.48 bits per heavy atom. The van der Waals surface area contributed by atoms with Crippen LogP contribution in [-0.4, -0.2) is 35.0 Å². The Kier molecular flexibility index (Phi) is 6.34. The van der Waals surface area contributed by atoms with E-state index in [1.165, 1.54) is 0 Å². The first-order valence-corrected chi connectivity index (χ1v) is 9.60. The third-order valence-electron chi connectivity index (χ3n) is 5.54. The van der Waals surface area contributed by atoms with Crippen molar-refractivity contribution in [1.29, 1.82) is 0 Å². The van der Waals surface area contributed by atoms with E-state index in [1.807, 2.05) is 62.4 Å². The summed E-state index contributed by atoms with van der Waals surface area (Å²) in [6.45, 7) is 4.56. The molecule has 0 bridgehead atoms. The number of rotatable bonds is 6. The molecule has 2 aromatic rings. The number of hydrogen-bond acceptors (Lipinski definition) is 4. The smallest absolute Gasteiger partial charge is 0.249 e. The number of nitrogens with one attached hydrogen (secondary N) is 1. The second-order valence-corrected chi connectivity index (χ2v) is 7.47. The van der Waals surface area contributed by atoms with Gasteiger partial charge in [0.25, 0.3) is 0 Å². The van der Waals surface area contributed by atoms with Crippen molar-refractivity contribution in [2.24, 2.45) is 0 Å². The zero-order valence-electron chi connectivity index (χ0n) is 16.7. The van der Waals surface area contributed by atoms with Crippen LogP contribution in [0.2, 0.25) is 0 Å². The first kappa shape index (κ1) is 20.6. The molecule has 1 N–H and O–H groups in total. The van der Waals surface area contributed by atoms with Gasteiger partial charge in [-0.2, -0.15) is 0 Å². The minimum Gasteiger partial charge on any atom is -0.296 e. The predicted octanol–water partition coefficient (Wildman–Crippen LogP) is 3.27. The van der Waals surface area contributed by atoms with Gasteiger partial charge in [0.2, 0.25) is 6.04 Å². The topological polar surface area (TPSA) is 58.4 Å². The fraction of sp³-hybridized carbons (Fsp3) is 0.333. The molecule has 0 saturated carbocycles. The lowest BCUT2D eigenvalue weighted by molar-refractivity contribution is -0.529. The summed E-state index contributed by atoms with van der Waals surface area (Å²) in [6.07, 6.45) is 11.1. The Bertz CT molecular complexity index is 938. The van der Waals surface area contributed by atoms with E-state index in [0.717, 1.165) is 22.3 Å². The summed E-state index contributed by atoms with van der Waals surface area (Å²) in [7, 11) is 0. The molecular weight excluding hydrogens is 362 g/mol. The van der Waals surface area contributed by atoms with Crippen molar-refractivity contribution in [3.8, 4) is 24.7 Å². The minimum atomic E-state index is -0.884. The van der Waals surface area contributed by atoms with Crippen molar-refractivity contribution in [3.05, 3.63) is 80.9 Å². The van der Waals surface area contributed by atoms with Crippen molar-refractivity contribution in [3.63, 3.8) is 0 Å². The maximum absolute atomic E-state index is 12.2. The molecule has 5 nitrogen and oxygen atoms in total. The maximum Gasteiger partial charge on any atom is 0.249 e. The third kappa shape index (κ3) is 4.17. The highest BCUT2D eigenvalue weighted by molar-refractivity contribution is 5.33. The van der Waals surface area contributed by atoms with E-state index in [1.54, 1.807) is 0 Å². The average molecular weight is 387 g/mol. The van der Waals surface area contributed by atoms with E-state index < -0.39 is 18.1 Å². The molecular formula is C24H25N3O2. The molecule has 0 unspecified atom stereocenters. The molecule has 1 aliphatic rings. The molecule has 3 rings (SSSR count). The Hall–Kier alpha value is -3.12. The van der Waals surface area contributed by atoms with Gasteiger partial charge in [-0.15, -0.1) is 12.8 Å². The zero-order valence-corrected chi connectivity index (χ0v) is 16.7. The van der Waals surface area contributed by atoms with Gasteiger partial charge >= 0.3 is 0 Å². The van der Waals surface area contributed by atoms with Gasteiger partial charge in [0, 0.05) is 4.92 Å². The van der Waals surface area contributed by atoms with Crippen LogP contribution in [0.25, 0.3) is 0 Å². The van der Waals surface area contributed by atoms with Gasteiger partial charge in [-0.1, -0.05) is 71.5 Å². The van der Waals surface area contributed by atoms with Gasteiger partial charge in [0.05, 0.1) is 25.2 Å². The fourth-order valence-electron chi connectivity index (χ4n) is 4.23. The molecule has 5 heteroatoms. The summed E-state index contributed by atoms with van der Waals surface area (Å²) >= 11 is 0. The van der Waals surface area contributed by atoms with Crippen molar-refractivity contribution in [1.82, 2.24) is 10.2 Å². The van der Waals surface area contributed by atoms with Crippen molar-refractivity contribution in [2.75, 3.05) is 13.1 Å². The maximum atomic E-state index is 12.2. The molecule has 29 heavy (non-hydrogen) atoms. The molecule has 0 amide bonds. The molecule has 148 valence electrons. The monoisotopic (exact) mass is 387 g/mol. The lowest BCUT2D eigenvalue weighted by Gasteiger charge is -2.29. The van der Waals surface area contributed by atoms with Crippen molar-refractivity contribution >= 4 is 0 Å². The number of nitrogens with zero attached hydrogens (tertiary/aromatic N) is 2. The second kappa shape index (κ2) is 8.92. The molecule has 0 aliphatic carbocycles. The van der Waals surface area contributed by atoms with Crippen LogP contribution in [0.15, 0.2) is 48.5 Å². The summed E-state index contributed by atoms with van der Waals surface area (Å²) in [5.74, 6) is 5.25. The summed E-state index contributed by atoms with van der Waals surface area (Å²) in [5.41, 5.74) is 4.10.